The lowest BCUT2D eigenvalue weighted by molar-refractivity contribution is 0.628. The molecule has 4 aromatic rings. The first kappa shape index (κ1) is 15.3. The molecule has 124 valence electrons. The molecule has 0 aliphatic carbocycles. The van der Waals surface area contributed by atoms with Gasteiger partial charge >= 0.3 is 0 Å². The van der Waals surface area contributed by atoms with Gasteiger partial charge in [-0.3, -0.25) is 4.98 Å². The van der Waals surface area contributed by atoms with E-state index in [9.17, 15) is 4.39 Å². The summed E-state index contributed by atoms with van der Waals surface area (Å²) in [4.78, 5) is 8.52. The first-order chi connectivity index (χ1) is 12.3. The van der Waals surface area contributed by atoms with Crippen LogP contribution in [0.3, 0.4) is 0 Å². The number of anilines is 1. The molecule has 0 atom stereocenters. The molecule has 1 aromatic carbocycles. The molecular weight excluding hydrogens is 317 g/mol. The Hall–Kier alpha value is -3.28. The van der Waals surface area contributed by atoms with Gasteiger partial charge in [0.2, 0.25) is 0 Å². The largest absolute Gasteiger partial charge is 0.370 e. The van der Waals surface area contributed by atoms with Crippen molar-refractivity contribution >= 4 is 11.5 Å². The van der Waals surface area contributed by atoms with Crippen molar-refractivity contribution < 1.29 is 4.39 Å². The van der Waals surface area contributed by atoms with Gasteiger partial charge in [-0.25, -0.2) is 9.37 Å². The van der Waals surface area contributed by atoms with E-state index in [-0.39, 0.29) is 5.82 Å². The van der Waals surface area contributed by atoms with Crippen LogP contribution in [0.25, 0.3) is 16.8 Å². The highest BCUT2D eigenvalue weighted by Crippen LogP contribution is 2.25. The minimum atomic E-state index is -0.275. The number of hydrogen-bond acceptors (Lipinski definition) is 4. The van der Waals surface area contributed by atoms with Crippen LogP contribution in [0, 0.1) is 5.82 Å². The van der Waals surface area contributed by atoms with Gasteiger partial charge in [0.05, 0.1) is 6.20 Å². The zero-order chi connectivity index (χ0) is 17.1. The number of nitrogens with zero attached hydrogens (tertiary/aromatic N) is 4. The maximum absolute atomic E-state index is 13.5. The predicted octanol–water partition coefficient (Wildman–Crippen LogP) is 3.59. The molecule has 0 fully saturated rings. The normalized spacial score (nSPS) is 10.9. The van der Waals surface area contributed by atoms with Crippen LogP contribution in [-0.4, -0.2) is 26.1 Å². The van der Waals surface area contributed by atoms with Gasteiger partial charge in [-0.2, -0.15) is 9.61 Å². The van der Waals surface area contributed by atoms with Crippen LogP contribution in [0.4, 0.5) is 10.2 Å². The highest BCUT2D eigenvalue weighted by molar-refractivity contribution is 5.77. The summed E-state index contributed by atoms with van der Waals surface area (Å²) in [5, 5.41) is 7.78. The summed E-state index contributed by atoms with van der Waals surface area (Å²) in [7, 11) is 0. The Balaban J connectivity index is 1.59. The third kappa shape index (κ3) is 3.19. The van der Waals surface area contributed by atoms with Crippen molar-refractivity contribution in [1.82, 2.24) is 19.6 Å². The molecule has 0 bridgehead atoms. The summed E-state index contributed by atoms with van der Waals surface area (Å²) >= 11 is 0. The Morgan fingerprint density at radius 1 is 1.04 bits per heavy atom. The summed E-state index contributed by atoms with van der Waals surface area (Å²) in [6.45, 7) is 0.750. The van der Waals surface area contributed by atoms with Gasteiger partial charge in [-0.15, -0.1) is 0 Å². The number of nitrogens with one attached hydrogen (secondary N) is 1. The molecule has 0 aliphatic heterocycles. The number of rotatable bonds is 5. The van der Waals surface area contributed by atoms with Crippen molar-refractivity contribution in [3.8, 4) is 11.1 Å². The van der Waals surface area contributed by atoms with Crippen molar-refractivity contribution in [2.45, 2.75) is 6.42 Å². The average Bonchev–Trinajstić information content (AvgIpc) is 3.08. The van der Waals surface area contributed by atoms with Crippen molar-refractivity contribution in [2.24, 2.45) is 0 Å². The van der Waals surface area contributed by atoms with Gasteiger partial charge in [-0.05, 0) is 41.8 Å². The molecule has 0 spiro atoms. The third-order valence-corrected chi connectivity index (χ3v) is 3.98. The zero-order valence-corrected chi connectivity index (χ0v) is 13.4. The van der Waals surface area contributed by atoms with Crippen molar-refractivity contribution in [1.29, 1.82) is 0 Å². The maximum Gasteiger partial charge on any atom is 0.165 e. The van der Waals surface area contributed by atoms with Crippen molar-refractivity contribution in [3.63, 3.8) is 0 Å². The van der Waals surface area contributed by atoms with Gasteiger partial charge in [0.1, 0.15) is 11.6 Å². The number of benzene rings is 1. The van der Waals surface area contributed by atoms with Gasteiger partial charge in [0.25, 0.3) is 0 Å². The summed E-state index contributed by atoms with van der Waals surface area (Å²) in [5.74, 6) is 0.569. The number of aromatic nitrogens is 4. The molecule has 25 heavy (non-hydrogen) atoms. The molecule has 0 unspecified atom stereocenters. The van der Waals surface area contributed by atoms with Crippen LogP contribution >= 0.6 is 0 Å². The first-order valence-corrected chi connectivity index (χ1v) is 8.03. The minimum Gasteiger partial charge on any atom is -0.370 e. The van der Waals surface area contributed by atoms with E-state index in [1.807, 2.05) is 30.5 Å². The van der Waals surface area contributed by atoms with E-state index in [0.29, 0.717) is 5.65 Å². The van der Waals surface area contributed by atoms with Crippen molar-refractivity contribution in [3.05, 3.63) is 78.6 Å². The Morgan fingerprint density at radius 2 is 2.00 bits per heavy atom. The van der Waals surface area contributed by atoms with E-state index in [1.54, 1.807) is 29.2 Å². The molecule has 5 nitrogen and oxygen atoms in total. The predicted molar refractivity (Wildman–Crippen MR) is 94.8 cm³/mol. The average molecular weight is 333 g/mol. The van der Waals surface area contributed by atoms with E-state index < -0.39 is 0 Å². The van der Waals surface area contributed by atoms with Crippen LogP contribution in [0.15, 0.2) is 67.3 Å². The Labute approximate surface area is 144 Å². The molecule has 3 heterocycles. The van der Waals surface area contributed by atoms with E-state index in [4.69, 9.17) is 0 Å². The standard InChI is InChI=1S/C19H16FN5/c20-16-5-1-4-15(11-16)17-13-24-25-18(7-10-23-19(17)25)22-9-6-14-3-2-8-21-12-14/h1-5,7-8,10-13,22H,6,9H2. The Bertz CT molecular complexity index is 997. The molecule has 0 radical (unpaired) electrons. The summed E-state index contributed by atoms with van der Waals surface area (Å²) in [6.07, 6.45) is 7.92. The zero-order valence-electron chi connectivity index (χ0n) is 13.4. The maximum atomic E-state index is 13.5. The third-order valence-electron chi connectivity index (χ3n) is 3.98. The summed E-state index contributed by atoms with van der Waals surface area (Å²) in [6, 6.07) is 12.3. The fourth-order valence-corrected chi connectivity index (χ4v) is 2.77. The summed E-state index contributed by atoms with van der Waals surface area (Å²) in [5.41, 5.74) is 3.42. The second-order valence-electron chi connectivity index (χ2n) is 5.67. The molecular formula is C19H16FN5. The number of hydrogen-bond donors (Lipinski definition) is 1. The lowest BCUT2D eigenvalue weighted by Gasteiger charge is -2.08. The lowest BCUT2D eigenvalue weighted by Crippen LogP contribution is -2.09. The van der Waals surface area contributed by atoms with Crippen LogP contribution in [-0.2, 0) is 6.42 Å². The van der Waals surface area contributed by atoms with Gasteiger partial charge in [0.15, 0.2) is 5.65 Å². The fraction of sp³-hybridized carbons (Fsp3) is 0.105. The second kappa shape index (κ2) is 6.68. The number of halogens is 1. The second-order valence-corrected chi connectivity index (χ2v) is 5.67. The fourth-order valence-electron chi connectivity index (χ4n) is 2.77. The van der Waals surface area contributed by atoms with Gasteiger partial charge < -0.3 is 5.32 Å². The van der Waals surface area contributed by atoms with Gasteiger partial charge in [-0.1, -0.05) is 18.2 Å². The number of fused-ring (bicyclic) bond motifs is 1. The molecule has 6 heteroatoms. The van der Waals surface area contributed by atoms with E-state index >= 15 is 0 Å². The Kier molecular flexibility index (Phi) is 4.08. The SMILES string of the molecule is Fc1cccc(-c2cnn3c(NCCc4cccnc4)ccnc23)c1. The molecule has 3 aromatic heterocycles. The molecule has 0 saturated heterocycles. The Morgan fingerprint density at radius 3 is 2.84 bits per heavy atom. The van der Waals surface area contributed by atoms with Crippen LogP contribution in [0.5, 0.6) is 0 Å². The molecule has 0 aliphatic rings. The van der Waals surface area contributed by atoms with E-state index in [1.165, 1.54) is 17.7 Å². The van der Waals surface area contributed by atoms with Gasteiger partial charge in [0, 0.05) is 30.7 Å². The van der Waals surface area contributed by atoms with Crippen LogP contribution < -0.4 is 5.32 Å². The minimum absolute atomic E-state index is 0.275. The summed E-state index contributed by atoms with van der Waals surface area (Å²) < 4.78 is 15.2. The molecule has 0 amide bonds. The highest BCUT2D eigenvalue weighted by atomic mass is 19.1. The molecule has 4 rings (SSSR count). The highest BCUT2D eigenvalue weighted by Gasteiger charge is 2.11. The van der Waals surface area contributed by atoms with Crippen molar-refractivity contribution in [2.75, 3.05) is 11.9 Å². The first-order valence-electron chi connectivity index (χ1n) is 8.03. The quantitative estimate of drug-likeness (QED) is 0.606. The lowest BCUT2D eigenvalue weighted by atomic mass is 10.1. The smallest absolute Gasteiger partial charge is 0.165 e. The number of pyridine rings is 1. The molecule has 1 N–H and O–H groups in total. The topological polar surface area (TPSA) is 55.1 Å². The molecule has 0 saturated carbocycles. The van der Waals surface area contributed by atoms with Crippen LogP contribution in [0.1, 0.15) is 5.56 Å². The van der Waals surface area contributed by atoms with E-state index in [0.717, 1.165) is 29.9 Å². The van der Waals surface area contributed by atoms with Crippen LogP contribution in [0.2, 0.25) is 0 Å². The monoisotopic (exact) mass is 333 g/mol. The van der Waals surface area contributed by atoms with E-state index in [2.05, 4.69) is 20.4 Å².